The molecular weight excluding hydrogens is 389 g/mol. The number of hydrogen-bond donors (Lipinski definition) is 2. The van der Waals surface area contributed by atoms with E-state index in [1.807, 2.05) is 12.1 Å². The summed E-state index contributed by atoms with van der Waals surface area (Å²) < 4.78 is 5.31. The Bertz CT molecular complexity index is 461. The van der Waals surface area contributed by atoms with Crippen LogP contribution in [0.15, 0.2) is 29.3 Å². The van der Waals surface area contributed by atoms with Crippen molar-refractivity contribution in [1.82, 2.24) is 10.6 Å². The van der Waals surface area contributed by atoms with Crippen molar-refractivity contribution < 1.29 is 4.74 Å². The van der Waals surface area contributed by atoms with Gasteiger partial charge in [-0.15, -0.1) is 24.0 Å². The van der Waals surface area contributed by atoms with Crippen LogP contribution in [0.1, 0.15) is 39.2 Å². The largest absolute Gasteiger partial charge is 0.497 e. The second-order valence-corrected chi connectivity index (χ2v) is 5.82. The molecule has 0 aliphatic carbocycles. The number of nitrogens with one attached hydrogen (secondary N) is 2. The van der Waals surface area contributed by atoms with Crippen LogP contribution in [0.4, 0.5) is 0 Å². The number of unbranched alkanes of at least 4 members (excludes halogenated alkanes) is 1. The molecule has 0 unspecified atom stereocenters. The Labute approximate surface area is 152 Å². The lowest BCUT2D eigenvalue weighted by Crippen LogP contribution is -2.43. The zero-order chi connectivity index (χ0) is 15.7. The summed E-state index contributed by atoms with van der Waals surface area (Å²) in [5.74, 6) is 1.76. The number of nitrogens with zero attached hydrogens (tertiary/aromatic N) is 1. The molecule has 0 aromatic heterocycles. The first kappa shape index (κ1) is 21.0. The molecule has 0 amide bonds. The van der Waals surface area contributed by atoms with E-state index in [4.69, 9.17) is 4.74 Å². The molecule has 1 aromatic rings. The van der Waals surface area contributed by atoms with E-state index in [1.54, 1.807) is 14.2 Å². The molecule has 1 rings (SSSR count). The van der Waals surface area contributed by atoms with E-state index in [0.717, 1.165) is 31.2 Å². The molecule has 22 heavy (non-hydrogen) atoms. The quantitative estimate of drug-likeness (QED) is 0.308. The van der Waals surface area contributed by atoms with Gasteiger partial charge in [0.05, 0.1) is 7.11 Å². The predicted octanol–water partition coefficient (Wildman–Crippen LogP) is 3.56. The summed E-state index contributed by atoms with van der Waals surface area (Å²) in [5.41, 5.74) is 1.25. The van der Waals surface area contributed by atoms with Crippen molar-refractivity contribution in [3.63, 3.8) is 0 Å². The minimum Gasteiger partial charge on any atom is -0.497 e. The lowest BCUT2D eigenvalue weighted by Gasteiger charge is -2.27. The molecule has 0 saturated carbocycles. The van der Waals surface area contributed by atoms with Gasteiger partial charge in [0.2, 0.25) is 0 Å². The first-order chi connectivity index (χ1) is 10.0. The second-order valence-electron chi connectivity index (χ2n) is 5.82. The fraction of sp³-hybridized carbons (Fsp3) is 0.588. The summed E-state index contributed by atoms with van der Waals surface area (Å²) >= 11 is 0. The van der Waals surface area contributed by atoms with Crippen LogP contribution in [0.2, 0.25) is 0 Å². The average molecular weight is 419 g/mol. The first-order valence-electron chi connectivity index (χ1n) is 7.62. The van der Waals surface area contributed by atoms with E-state index in [0.29, 0.717) is 0 Å². The number of guanidine groups is 1. The summed E-state index contributed by atoms with van der Waals surface area (Å²) in [6.45, 7) is 8.38. The van der Waals surface area contributed by atoms with Crippen molar-refractivity contribution in [1.29, 1.82) is 0 Å². The zero-order valence-corrected chi connectivity index (χ0v) is 16.7. The Hall–Kier alpha value is -0.980. The minimum atomic E-state index is -0.00306. The van der Waals surface area contributed by atoms with Crippen molar-refractivity contribution in [3.8, 4) is 5.75 Å². The van der Waals surface area contributed by atoms with Crippen LogP contribution in [0.5, 0.6) is 5.75 Å². The lowest BCUT2D eigenvalue weighted by molar-refractivity contribution is 0.411. The number of halogens is 1. The highest BCUT2D eigenvalue weighted by Gasteiger charge is 2.21. The lowest BCUT2D eigenvalue weighted by atomic mass is 9.84. The highest BCUT2D eigenvalue weighted by molar-refractivity contribution is 14.0. The Kier molecular flexibility index (Phi) is 10.2. The molecule has 0 radical (unpaired) electrons. The minimum absolute atomic E-state index is 0. The molecule has 0 fully saturated rings. The molecule has 5 heteroatoms. The van der Waals surface area contributed by atoms with Crippen molar-refractivity contribution in [2.45, 2.75) is 39.0 Å². The van der Waals surface area contributed by atoms with E-state index in [1.165, 1.54) is 12.0 Å². The number of benzene rings is 1. The van der Waals surface area contributed by atoms with Crippen molar-refractivity contribution >= 4 is 29.9 Å². The Balaban J connectivity index is 0.00000441. The molecule has 2 N–H and O–H groups in total. The topological polar surface area (TPSA) is 45.7 Å². The van der Waals surface area contributed by atoms with E-state index in [2.05, 4.69) is 48.5 Å². The third-order valence-electron chi connectivity index (χ3n) is 3.60. The van der Waals surface area contributed by atoms with E-state index >= 15 is 0 Å². The fourth-order valence-electron chi connectivity index (χ4n) is 2.05. The molecule has 4 nitrogen and oxygen atoms in total. The van der Waals surface area contributed by atoms with Crippen LogP contribution in [-0.2, 0) is 5.41 Å². The van der Waals surface area contributed by atoms with Gasteiger partial charge in [0.1, 0.15) is 5.75 Å². The average Bonchev–Trinajstić information content (AvgIpc) is 2.50. The number of methoxy groups -OCH3 is 1. The third-order valence-corrected chi connectivity index (χ3v) is 3.60. The van der Waals surface area contributed by atoms with Gasteiger partial charge < -0.3 is 15.4 Å². The monoisotopic (exact) mass is 419 g/mol. The van der Waals surface area contributed by atoms with Crippen molar-refractivity contribution in [2.24, 2.45) is 4.99 Å². The van der Waals surface area contributed by atoms with Crippen LogP contribution in [0.25, 0.3) is 0 Å². The maximum absolute atomic E-state index is 5.31. The van der Waals surface area contributed by atoms with Crippen molar-refractivity contribution in [3.05, 3.63) is 29.8 Å². The van der Waals surface area contributed by atoms with Gasteiger partial charge in [-0.2, -0.15) is 0 Å². The van der Waals surface area contributed by atoms with Gasteiger partial charge in [-0.25, -0.2) is 0 Å². The van der Waals surface area contributed by atoms with Crippen LogP contribution in [0, 0.1) is 0 Å². The summed E-state index contributed by atoms with van der Waals surface area (Å²) in [7, 11) is 3.50. The summed E-state index contributed by atoms with van der Waals surface area (Å²) in [6.07, 6.45) is 2.33. The predicted molar refractivity (Wildman–Crippen MR) is 106 cm³/mol. The van der Waals surface area contributed by atoms with Gasteiger partial charge in [-0.3, -0.25) is 4.99 Å². The molecule has 0 heterocycles. The second kappa shape index (κ2) is 10.7. The normalized spacial score (nSPS) is 11.6. The van der Waals surface area contributed by atoms with E-state index < -0.39 is 0 Å². The van der Waals surface area contributed by atoms with Gasteiger partial charge in [0, 0.05) is 25.6 Å². The Morgan fingerprint density at radius 1 is 1.27 bits per heavy atom. The SMILES string of the molecule is CCCCNC(=NC)NCC(C)(C)c1cccc(OC)c1.I. The van der Waals surface area contributed by atoms with Gasteiger partial charge in [0.15, 0.2) is 5.96 Å². The smallest absolute Gasteiger partial charge is 0.191 e. The van der Waals surface area contributed by atoms with E-state index in [-0.39, 0.29) is 29.4 Å². The molecule has 126 valence electrons. The highest BCUT2D eigenvalue weighted by atomic mass is 127. The Morgan fingerprint density at radius 2 is 2.00 bits per heavy atom. The summed E-state index contributed by atoms with van der Waals surface area (Å²) in [4.78, 5) is 4.26. The van der Waals surface area contributed by atoms with Crippen LogP contribution in [0.3, 0.4) is 0 Å². The molecule has 0 aliphatic heterocycles. The maximum Gasteiger partial charge on any atom is 0.191 e. The van der Waals surface area contributed by atoms with Gasteiger partial charge in [0.25, 0.3) is 0 Å². The Morgan fingerprint density at radius 3 is 2.59 bits per heavy atom. The molecule has 0 spiro atoms. The van der Waals surface area contributed by atoms with Gasteiger partial charge in [-0.05, 0) is 24.1 Å². The zero-order valence-electron chi connectivity index (χ0n) is 14.4. The first-order valence-corrected chi connectivity index (χ1v) is 7.62. The van der Waals surface area contributed by atoms with Gasteiger partial charge in [-0.1, -0.05) is 39.3 Å². The highest BCUT2D eigenvalue weighted by Crippen LogP contribution is 2.25. The summed E-state index contributed by atoms with van der Waals surface area (Å²) in [5, 5.41) is 6.73. The van der Waals surface area contributed by atoms with Crippen molar-refractivity contribution in [2.75, 3.05) is 27.2 Å². The number of hydrogen-bond acceptors (Lipinski definition) is 2. The molecule has 0 atom stereocenters. The van der Waals surface area contributed by atoms with Gasteiger partial charge >= 0.3 is 0 Å². The number of aliphatic imine (C=N–C) groups is 1. The van der Waals surface area contributed by atoms with Crippen LogP contribution >= 0.6 is 24.0 Å². The number of rotatable bonds is 7. The molecule has 0 bridgehead atoms. The standard InChI is InChI=1S/C17H29N3O.HI/c1-6-7-11-19-16(18-4)20-13-17(2,3)14-9-8-10-15(12-14)21-5;/h8-10,12H,6-7,11,13H2,1-5H3,(H2,18,19,20);1H. The third kappa shape index (κ3) is 6.85. The van der Waals surface area contributed by atoms with E-state index in [9.17, 15) is 0 Å². The molecule has 1 aromatic carbocycles. The fourth-order valence-corrected chi connectivity index (χ4v) is 2.05. The number of ether oxygens (including phenoxy) is 1. The van der Waals surface area contributed by atoms with Crippen LogP contribution in [-0.4, -0.2) is 33.2 Å². The summed E-state index contributed by atoms with van der Waals surface area (Å²) in [6, 6.07) is 8.23. The molecule has 0 saturated heterocycles. The molecular formula is C17H30IN3O. The van der Waals surface area contributed by atoms with Crippen LogP contribution < -0.4 is 15.4 Å². The molecule has 0 aliphatic rings. The maximum atomic E-state index is 5.31.